The Bertz CT molecular complexity index is 549. The SMILES string of the molecule is CN(C)CCN(CC(=O)O)C(=O)c1cc(I)cc(I)c1O. The third-order valence-electron chi connectivity index (χ3n) is 2.69. The van der Waals surface area contributed by atoms with Gasteiger partial charge in [0.1, 0.15) is 12.3 Å². The molecule has 1 aromatic rings. The zero-order valence-electron chi connectivity index (χ0n) is 11.6. The Hall–Kier alpha value is -0.620. The molecule has 2 N–H and O–H groups in total. The van der Waals surface area contributed by atoms with Gasteiger partial charge in [-0.3, -0.25) is 9.59 Å². The highest BCUT2D eigenvalue weighted by atomic mass is 127. The summed E-state index contributed by atoms with van der Waals surface area (Å²) in [5.74, 6) is -1.67. The first-order valence-corrected chi connectivity index (χ1v) is 8.22. The van der Waals surface area contributed by atoms with E-state index in [9.17, 15) is 14.7 Å². The lowest BCUT2D eigenvalue weighted by Gasteiger charge is -2.23. The van der Waals surface area contributed by atoms with Crippen LogP contribution in [0, 0.1) is 7.14 Å². The van der Waals surface area contributed by atoms with Gasteiger partial charge in [-0.1, -0.05) is 0 Å². The third kappa shape index (κ3) is 5.58. The molecule has 0 saturated heterocycles. The monoisotopic (exact) mass is 518 g/mol. The van der Waals surface area contributed by atoms with E-state index in [1.165, 1.54) is 4.90 Å². The summed E-state index contributed by atoms with van der Waals surface area (Å²) in [7, 11) is 3.69. The van der Waals surface area contributed by atoms with E-state index in [0.717, 1.165) is 3.57 Å². The van der Waals surface area contributed by atoms with Crippen molar-refractivity contribution < 1.29 is 19.8 Å². The molecule has 0 aromatic heterocycles. The van der Waals surface area contributed by atoms with Crippen molar-refractivity contribution in [2.24, 2.45) is 0 Å². The van der Waals surface area contributed by atoms with Crippen molar-refractivity contribution in [2.45, 2.75) is 0 Å². The fraction of sp³-hybridized carbons (Fsp3) is 0.385. The first kappa shape index (κ1) is 18.4. The highest BCUT2D eigenvalue weighted by Crippen LogP contribution is 2.28. The van der Waals surface area contributed by atoms with Crippen LogP contribution >= 0.6 is 45.2 Å². The summed E-state index contributed by atoms with van der Waals surface area (Å²) in [4.78, 5) is 26.5. The number of nitrogens with zero attached hydrogens (tertiary/aromatic N) is 2. The number of likely N-dealkylation sites (N-methyl/N-ethyl adjacent to an activating group) is 1. The van der Waals surface area contributed by atoms with Crippen molar-refractivity contribution in [1.29, 1.82) is 0 Å². The van der Waals surface area contributed by atoms with Gasteiger partial charge in [-0.05, 0) is 71.4 Å². The highest BCUT2D eigenvalue weighted by Gasteiger charge is 2.22. The summed E-state index contributed by atoms with van der Waals surface area (Å²) >= 11 is 3.99. The van der Waals surface area contributed by atoms with Gasteiger partial charge in [-0.15, -0.1) is 0 Å². The van der Waals surface area contributed by atoms with Gasteiger partial charge >= 0.3 is 5.97 Å². The molecule has 0 bridgehead atoms. The van der Waals surface area contributed by atoms with Crippen LogP contribution in [0.2, 0.25) is 0 Å². The second kappa shape index (κ2) is 8.13. The maximum absolute atomic E-state index is 12.5. The summed E-state index contributed by atoms with van der Waals surface area (Å²) in [6.07, 6.45) is 0. The lowest BCUT2D eigenvalue weighted by atomic mass is 10.1. The zero-order valence-corrected chi connectivity index (χ0v) is 16.0. The van der Waals surface area contributed by atoms with E-state index in [-0.39, 0.29) is 17.9 Å². The van der Waals surface area contributed by atoms with Gasteiger partial charge in [0.05, 0.1) is 9.13 Å². The summed E-state index contributed by atoms with van der Waals surface area (Å²) in [5.41, 5.74) is 0.131. The number of phenols is 1. The van der Waals surface area contributed by atoms with E-state index in [0.29, 0.717) is 10.1 Å². The number of aromatic hydroxyl groups is 1. The minimum atomic E-state index is -1.08. The molecular weight excluding hydrogens is 502 g/mol. The summed E-state index contributed by atoms with van der Waals surface area (Å²) in [5, 5.41) is 19.0. The van der Waals surface area contributed by atoms with Gasteiger partial charge in [0.2, 0.25) is 0 Å². The predicted molar refractivity (Wildman–Crippen MR) is 95.6 cm³/mol. The number of halogens is 2. The van der Waals surface area contributed by atoms with Gasteiger partial charge in [0.25, 0.3) is 5.91 Å². The zero-order chi connectivity index (χ0) is 16.2. The Morgan fingerprint density at radius 2 is 1.81 bits per heavy atom. The molecule has 0 aliphatic heterocycles. The number of carbonyl (C=O) groups is 2. The number of benzene rings is 1. The van der Waals surface area contributed by atoms with E-state index >= 15 is 0 Å². The minimum absolute atomic E-state index is 0.110. The average Bonchev–Trinajstić information content (AvgIpc) is 2.37. The van der Waals surface area contributed by atoms with Gasteiger partial charge in [-0.2, -0.15) is 0 Å². The summed E-state index contributed by atoms with van der Waals surface area (Å²) in [6.45, 7) is 0.425. The fourth-order valence-electron chi connectivity index (χ4n) is 1.64. The maximum Gasteiger partial charge on any atom is 0.323 e. The van der Waals surface area contributed by atoms with Crippen molar-refractivity contribution in [3.05, 3.63) is 24.8 Å². The highest BCUT2D eigenvalue weighted by molar-refractivity contribution is 14.1. The molecule has 21 heavy (non-hydrogen) atoms. The molecule has 0 fully saturated rings. The topological polar surface area (TPSA) is 81.1 Å². The van der Waals surface area contributed by atoms with Crippen LogP contribution < -0.4 is 0 Å². The van der Waals surface area contributed by atoms with Crippen molar-refractivity contribution in [2.75, 3.05) is 33.7 Å². The Balaban J connectivity index is 3.07. The van der Waals surface area contributed by atoms with Gasteiger partial charge in [-0.25, -0.2) is 0 Å². The first-order chi connectivity index (χ1) is 9.72. The molecule has 0 radical (unpaired) electrons. The molecule has 0 unspecified atom stereocenters. The van der Waals surface area contributed by atoms with Crippen LogP contribution in [0.25, 0.3) is 0 Å². The van der Waals surface area contributed by atoms with Crippen molar-refractivity contribution in [1.82, 2.24) is 9.80 Å². The molecule has 0 spiro atoms. The van der Waals surface area contributed by atoms with Crippen LogP contribution in [-0.2, 0) is 4.79 Å². The van der Waals surface area contributed by atoms with Gasteiger partial charge in [0, 0.05) is 16.7 Å². The smallest absolute Gasteiger partial charge is 0.323 e. The first-order valence-electron chi connectivity index (χ1n) is 6.06. The fourth-order valence-corrected chi connectivity index (χ4v) is 3.48. The second-order valence-corrected chi connectivity index (χ2v) is 7.12. The van der Waals surface area contributed by atoms with E-state index in [1.807, 2.05) is 41.6 Å². The number of aliphatic carboxylic acids is 1. The number of carboxylic acids is 1. The van der Waals surface area contributed by atoms with E-state index < -0.39 is 18.4 Å². The Morgan fingerprint density at radius 3 is 2.33 bits per heavy atom. The molecule has 1 aromatic carbocycles. The molecule has 0 aliphatic rings. The van der Waals surface area contributed by atoms with Crippen molar-refractivity contribution in [3.8, 4) is 5.75 Å². The number of phenolic OH excluding ortho intramolecular Hbond substituents is 1. The van der Waals surface area contributed by atoms with Crippen molar-refractivity contribution in [3.63, 3.8) is 0 Å². The Morgan fingerprint density at radius 1 is 1.19 bits per heavy atom. The molecule has 0 heterocycles. The van der Waals surface area contributed by atoms with Crippen LogP contribution in [-0.4, -0.2) is 65.6 Å². The van der Waals surface area contributed by atoms with Crippen LogP contribution in [0.5, 0.6) is 5.75 Å². The lowest BCUT2D eigenvalue weighted by molar-refractivity contribution is -0.137. The number of carboxylic acid groups (broad SMARTS) is 1. The molecule has 1 rings (SSSR count). The maximum atomic E-state index is 12.5. The molecule has 116 valence electrons. The summed E-state index contributed by atoms with van der Waals surface area (Å²) < 4.78 is 1.37. The molecule has 0 saturated carbocycles. The van der Waals surface area contributed by atoms with Crippen LogP contribution in [0.15, 0.2) is 12.1 Å². The Kier molecular flexibility index (Phi) is 7.13. The summed E-state index contributed by atoms with van der Waals surface area (Å²) in [6, 6.07) is 3.31. The van der Waals surface area contributed by atoms with Gasteiger partial charge in [0.15, 0.2) is 0 Å². The molecule has 6 nitrogen and oxygen atoms in total. The molecule has 1 amide bonds. The molecule has 0 aliphatic carbocycles. The van der Waals surface area contributed by atoms with Crippen LogP contribution in [0.4, 0.5) is 0 Å². The molecule has 0 atom stereocenters. The number of carbonyl (C=O) groups excluding carboxylic acids is 1. The molecule has 8 heteroatoms. The Labute approximate surface area is 150 Å². The molecular formula is C13H16I2N2O4. The normalized spacial score (nSPS) is 10.7. The third-order valence-corrected chi connectivity index (χ3v) is 4.13. The van der Waals surface area contributed by atoms with E-state index in [4.69, 9.17) is 5.11 Å². The van der Waals surface area contributed by atoms with Crippen LogP contribution in [0.1, 0.15) is 10.4 Å². The second-order valence-electron chi connectivity index (χ2n) is 4.71. The standard InChI is InChI=1S/C13H16I2N2O4/c1-16(2)3-4-17(7-11(18)19)13(21)9-5-8(14)6-10(15)12(9)20/h5-6,20H,3-4,7H2,1-2H3,(H,18,19). The number of hydrogen-bond donors (Lipinski definition) is 2. The quantitative estimate of drug-likeness (QED) is 0.561. The van der Waals surface area contributed by atoms with Gasteiger partial charge < -0.3 is 20.0 Å². The van der Waals surface area contributed by atoms with Crippen LogP contribution in [0.3, 0.4) is 0 Å². The lowest BCUT2D eigenvalue weighted by Crippen LogP contribution is -2.40. The number of rotatable bonds is 6. The van der Waals surface area contributed by atoms with Crippen molar-refractivity contribution >= 4 is 57.1 Å². The van der Waals surface area contributed by atoms with E-state index in [2.05, 4.69) is 22.6 Å². The number of amides is 1. The predicted octanol–water partition coefficient (Wildman–Crippen LogP) is 1.69. The number of hydrogen-bond acceptors (Lipinski definition) is 4. The largest absolute Gasteiger partial charge is 0.506 e. The average molecular weight is 518 g/mol. The van der Waals surface area contributed by atoms with E-state index in [1.54, 1.807) is 12.1 Å². The minimum Gasteiger partial charge on any atom is -0.506 e.